The maximum absolute atomic E-state index is 5.77. The number of methoxy groups -OCH3 is 1. The van der Waals surface area contributed by atoms with Crippen molar-refractivity contribution in [1.29, 1.82) is 0 Å². The Labute approximate surface area is 309 Å². The molecule has 2 atom stereocenters. The normalized spacial score (nSPS) is 17.9. The largest absolute Gasteiger partial charge is 0.498 e. The number of hydrogen-bond donors (Lipinski definition) is 1. The molecule has 2 aliphatic carbocycles. The Kier molecular flexibility index (Phi) is 7.26. The van der Waals surface area contributed by atoms with Crippen molar-refractivity contribution in [2.45, 2.75) is 32.1 Å². The van der Waals surface area contributed by atoms with Crippen LogP contribution >= 0.6 is 0 Å². The summed E-state index contributed by atoms with van der Waals surface area (Å²) in [7, 11) is 1.75. The van der Waals surface area contributed by atoms with Crippen molar-refractivity contribution in [2.75, 3.05) is 7.11 Å². The van der Waals surface area contributed by atoms with Crippen molar-refractivity contribution in [1.82, 2.24) is 9.97 Å². The average Bonchev–Trinajstić information content (AvgIpc) is 3.64. The van der Waals surface area contributed by atoms with Crippen LogP contribution in [-0.2, 0) is 16.6 Å². The second kappa shape index (κ2) is 12.2. The first-order valence-electron chi connectivity index (χ1n) is 18.7. The lowest BCUT2D eigenvalue weighted by Gasteiger charge is -2.34. The molecular formula is C50H40N2O. The van der Waals surface area contributed by atoms with Gasteiger partial charge in [0.1, 0.15) is 16.9 Å². The third kappa shape index (κ3) is 5.14. The molecule has 8 aromatic rings. The molecule has 0 bridgehead atoms. The standard InChI is InChI=1S/C50H40N2O/c1-31-16-25-44-47(48(31)53-3)52-49(51-44)34-21-23-39(24-22-34)50(2)27-26-42-43(30-50)46(38-20-18-33-11-5-7-13-36(33)29-38)41-15-9-8-14-40(41)45(42)37-19-17-32-10-4-6-12-35(32)28-37/h4-15,17-29,31H,16,30H2,1-3H3,(H,51,52). The van der Waals surface area contributed by atoms with E-state index in [1.165, 1.54) is 71.3 Å². The zero-order chi connectivity index (χ0) is 35.7. The third-order valence-electron chi connectivity index (χ3n) is 11.7. The molecule has 1 aromatic heterocycles. The Morgan fingerprint density at radius 1 is 0.679 bits per heavy atom. The summed E-state index contributed by atoms with van der Waals surface area (Å²) in [4.78, 5) is 8.57. The summed E-state index contributed by atoms with van der Waals surface area (Å²) in [6, 6.07) is 49.3. The summed E-state index contributed by atoms with van der Waals surface area (Å²) in [5.74, 6) is 2.16. The number of benzene rings is 7. The van der Waals surface area contributed by atoms with E-state index in [-0.39, 0.29) is 5.41 Å². The van der Waals surface area contributed by atoms with Gasteiger partial charge in [0, 0.05) is 16.9 Å². The van der Waals surface area contributed by atoms with E-state index in [1.54, 1.807) is 7.11 Å². The van der Waals surface area contributed by atoms with Crippen molar-refractivity contribution < 1.29 is 4.74 Å². The van der Waals surface area contributed by atoms with Crippen LogP contribution in [0.15, 0.2) is 140 Å². The van der Waals surface area contributed by atoms with Crippen LogP contribution in [0.1, 0.15) is 37.0 Å². The van der Waals surface area contributed by atoms with Gasteiger partial charge in [0.2, 0.25) is 0 Å². The molecule has 0 saturated heterocycles. The van der Waals surface area contributed by atoms with Crippen LogP contribution < -0.4 is 10.7 Å². The first-order valence-corrected chi connectivity index (χ1v) is 18.7. The van der Waals surface area contributed by atoms with Gasteiger partial charge in [0.25, 0.3) is 0 Å². The second-order valence-corrected chi connectivity index (χ2v) is 15.1. The highest BCUT2D eigenvalue weighted by molar-refractivity contribution is 6.11. The summed E-state index contributed by atoms with van der Waals surface area (Å²) < 4.78 is 5.77. The minimum atomic E-state index is -0.219. The number of hydrogen-bond acceptors (Lipinski definition) is 2. The maximum Gasteiger partial charge on any atom is 0.138 e. The molecule has 0 amide bonds. The molecule has 0 aliphatic heterocycles. The number of aromatic nitrogens is 2. The number of H-pyrrole nitrogens is 1. The molecule has 53 heavy (non-hydrogen) atoms. The monoisotopic (exact) mass is 684 g/mol. The van der Waals surface area contributed by atoms with Crippen LogP contribution in [0.4, 0.5) is 0 Å². The van der Waals surface area contributed by atoms with Gasteiger partial charge in [-0.3, -0.25) is 0 Å². The van der Waals surface area contributed by atoms with E-state index in [4.69, 9.17) is 9.72 Å². The van der Waals surface area contributed by atoms with Gasteiger partial charge in [-0.1, -0.05) is 153 Å². The molecule has 3 nitrogen and oxygen atoms in total. The molecule has 7 aromatic carbocycles. The predicted molar refractivity (Wildman–Crippen MR) is 222 cm³/mol. The minimum Gasteiger partial charge on any atom is -0.498 e. The number of imidazole rings is 1. The van der Waals surface area contributed by atoms with Crippen LogP contribution in [0, 0.1) is 5.92 Å². The smallest absolute Gasteiger partial charge is 0.138 e. The summed E-state index contributed by atoms with van der Waals surface area (Å²) in [5, 5.41) is 9.58. The van der Waals surface area contributed by atoms with E-state index >= 15 is 0 Å². The molecule has 256 valence electrons. The quantitative estimate of drug-likeness (QED) is 0.196. The molecule has 0 saturated carbocycles. The zero-order valence-corrected chi connectivity index (χ0v) is 30.3. The van der Waals surface area contributed by atoms with E-state index in [9.17, 15) is 0 Å². The molecule has 2 aliphatic rings. The number of nitrogens with zero attached hydrogens (tertiary/aromatic N) is 1. The number of nitrogens with one attached hydrogen (secondary N) is 1. The van der Waals surface area contributed by atoms with Gasteiger partial charge in [-0.25, -0.2) is 4.98 Å². The van der Waals surface area contributed by atoms with Gasteiger partial charge in [0.15, 0.2) is 0 Å². The number of rotatable bonds is 5. The second-order valence-electron chi connectivity index (χ2n) is 15.1. The Morgan fingerprint density at radius 3 is 1.92 bits per heavy atom. The van der Waals surface area contributed by atoms with Crippen LogP contribution in [0.2, 0.25) is 0 Å². The molecule has 1 heterocycles. The van der Waals surface area contributed by atoms with Crippen molar-refractivity contribution in [3.05, 3.63) is 167 Å². The topological polar surface area (TPSA) is 37.9 Å². The van der Waals surface area contributed by atoms with E-state index in [0.29, 0.717) is 5.92 Å². The third-order valence-corrected chi connectivity index (χ3v) is 11.7. The van der Waals surface area contributed by atoms with Crippen LogP contribution in [0.25, 0.3) is 83.9 Å². The van der Waals surface area contributed by atoms with Crippen molar-refractivity contribution in [3.63, 3.8) is 0 Å². The fraction of sp³-hybridized carbons (Fsp3) is 0.140. The number of allylic oxidation sites excluding steroid dienone is 1. The lowest BCUT2D eigenvalue weighted by Crippen LogP contribution is -2.33. The first kappa shape index (κ1) is 31.5. The van der Waals surface area contributed by atoms with E-state index in [2.05, 4.69) is 171 Å². The molecule has 3 heteroatoms. The summed E-state index contributed by atoms with van der Waals surface area (Å²) in [5.41, 5.74) is 9.99. The zero-order valence-electron chi connectivity index (χ0n) is 30.3. The highest BCUT2D eigenvalue weighted by Crippen LogP contribution is 2.48. The van der Waals surface area contributed by atoms with Crippen LogP contribution in [0.5, 0.6) is 0 Å². The Morgan fingerprint density at radius 2 is 1.26 bits per heavy atom. The molecule has 0 spiro atoms. The van der Waals surface area contributed by atoms with E-state index in [0.717, 1.165) is 40.7 Å². The lowest BCUT2D eigenvalue weighted by atomic mass is 9.69. The molecule has 0 fully saturated rings. The highest BCUT2D eigenvalue weighted by atomic mass is 16.5. The molecule has 1 N–H and O–H groups in total. The molecular weight excluding hydrogens is 645 g/mol. The fourth-order valence-corrected chi connectivity index (χ4v) is 8.90. The van der Waals surface area contributed by atoms with Gasteiger partial charge in [-0.15, -0.1) is 0 Å². The van der Waals surface area contributed by atoms with Crippen molar-refractivity contribution in [3.8, 4) is 33.6 Å². The van der Waals surface area contributed by atoms with E-state index < -0.39 is 0 Å². The van der Waals surface area contributed by atoms with Gasteiger partial charge in [0.05, 0.1) is 12.5 Å². The summed E-state index contributed by atoms with van der Waals surface area (Å²) in [6.45, 7) is 4.58. The molecule has 2 unspecified atom stereocenters. The van der Waals surface area contributed by atoms with Gasteiger partial charge < -0.3 is 9.72 Å². The molecule has 10 rings (SSSR count). The maximum atomic E-state index is 5.77. The number of aromatic amines is 1. The van der Waals surface area contributed by atoms with Gasteiger partial charge in [-0.2, -0.15) is 0 Å². The predicted octanol–water partition coefficient (Wildman–Crippen LogP) is 11.0. The molecule has 0 radical (unpaired) electrons. The SMILES string of the molecule is COC1=c2nc(-c3ccc(C4(C)C=Cc5c(c(-c6ccc7ccccc7c6)c6ccccc6c5-c5ccc6ccccc6c5)C4)cc3)[nH]c2=CCC1C. The highest BCUT2D eigenvalue weighted by Gasteiger charge is 2.32. The minimum absolute atomic E-state index is 0.219. The van der Waals surface area contributed by atoms with Crippen molar-refractivity contribution >= 4 is 50.2 Å². The first-order chi connectivity index (χ1) is 26.0. The number of fused-ring (bicyclic) bond motifs is 5. The average molecular weight is 685 g/mol. The Hall–Kier alpha value is -6.19. The van der Waals surface area contributed by atoms with Crippen molar-refractivity contribution in [2.24, 2.45) is 5.92 Å². The summed E-state index contributed by atoms with van der Waals surface area (Å²) in [6.07, 6.45) is 8.91. The Balaban J connectivity index is 1.15. The van der Waals surface area contributed by atoms with Crippen LogP contribution in [-0.4, -0.2) is 17.1 Å². The number of ether oxygens (including phenoxy) is 1. The van der Waals surface area contributed by atoms with Gasteiger partial charge in [-0.05, 0) is 96.2 Å². The fourth-order valence-electron chi connectivity index (χ4n) is 8.90. The summed E-state index contributed by atoms with van der Waals surface area (Å²) >= 11 is 0. The van der Waals surface area contributed by atoms with Gasteiger partial charge >= 0.3 is 0 Å². The Bertz CT molecular complexity index is 2910. The van der Waals surface area contributed by atoms with Crippen LogP contribution in [0.3, 0.4) is 0 Å². The van der Waals surface area contributed by atoms with E-state index in [1.807, 2.05) is 0 Å². The lowest BCUT2D eigenvalue weighted by molar-refractivity contribution is 0.323.